The lowest BCUT2D eigenvalue weighted by Crippen LogP contribution is -2.47. The number of nitro groups is 1. The smallest absolute Gasteiger partial charge is 0.269 e. The van der Waals surface area contributed by atoms with Crippen molar-refractivity contribution in [1.29, 1.82) is 0 Å². The minimum Gasteiger partial charge on any atom is -0.369 e. The molecule has 2 aliphatic heterocycles. The van der Waals surface area contributed by atoms with E-state index in [2.05, 4.69) is 0 Å². The maximum absolute atomic E-state index is 12.7. The molecule has 0 aliphatic carbocycles. The molecule has 28 heavy (non-hydrogen) atoms. The normalized spacial score (nSPS) is 18.7. The van der Waals surface area contributed by atoms with E-state index >= 15 is 0 Å². The summed E-state index contributed by atoms with van der Waals surface area (Å²) in [5.74, 6) is -0.658. The number of nitrogens with zero attached hydrogens (tertiary/aromatic N) is 3. The first-order chi connectivity index (χ1) is 13.4. The van der Waals surface area contributed by atoms with Gasteiger partial charge in [-0.1, -0.05) is 0 Å². The predicted octanol–water partition coefficient (Wildman–Crippen LogP) is 1.17. The first kappa shape index (κ1) is 19.8. The minimum atomic E-state index is -0.502. The summed E-state index contributed by atoms with van der Waals surface area (Å²) in [6, 6.07) is 5.56. The van der Waals surface area contributed by atoms with Gasteiger partial charge in [0.2, 0.25) is 11.8 Å². The van der Waals surface area contributed by atoms with E-state index in [-0.39, 0.29) is 35.2 Å². The zero-order valence-electron chi connectivity index (χ0n) is 15.6. The summed E-state index contributed by atoms with van der Waals surface area (Å²) in [4.78, 5) is 50.2. The molecule has 0 spiro atoms. The number of benzene rings is 1. The molecule has 0 bridgehead atoms. The Kier molecular flexibility index (Phi) is 5.91. The van der Waals surface area contributed by atoms with Gasteiger partial charge in [-0.2, -0.15) is 0 Å². The highest BCUT2D eigenvalue weighted by atomic mass is 16.6. The second-order valence-corrected chi connectivity index (χ2v) is 7.37. The molecule has 0 unspecified atom stereocenters. The van der Waals surface area contributed by atoms with Gasteiger partial charge in [-0.25, -0.2) is 0 Å². The van der Waals surface area contributed by atoms with Crippen LogP contribution in [0, 0.1) is 22.0 Å². The predicted molar refractivity (Wildman–Crippen MR) is 100 cm³/mol. The molecule has 0 aromatic heterocycles. The number of carbonyl (C=O) groups excluding carboxylic acids is 3. The fourth-order valence-corrected chi connectivity index (χ4v) is 3.88. The molecule has 9 heteroatoms. The van der Waals surface area contributed by atoms with Gasteiger partial charge < -0.3 is 15.5 Å². The highest BCUT2D eigenvalue weighted by Gasteiger charge is 2.33. The molecule has 1 aromatic carbocycles. The minimum absolute atomic E-state index is 0.0547. The van der Waals surface area contributed by atoms with Crippen molar-refractivity contribution in [2.75, 3.05) is 26.2 Å². The van der Waals surface area contributed by atoms with Gasteiger partial charge in [0.15, 0.2) is 0 Å². The second-order valence-electron chi connectivity index (χ2n) is 7.37. The van der Waals surface area contributed by atoms with Crippen LogP contribution in [0.3, 0.4) is 0 Å². The number of nitro benzene ring substituents is 1. The molecule has 9 nitrogen and oxygen atoms in total. The average molecular weight is 388 g/mol. The number of likely N-dealkylation sites (tertiary alicyclic amines) is 2. The molecule has 0 saturated carbocycles. The van der Waals surface area contributed by atoms with E-state index in [1.807, 2.05) is 0 Å². The second kappa shape index (κ2) is 8.37. The number of carbonyl (C=O) groups is 3. The Labute approximate surface area is 162 Å². The van der Waals surface area contributed by atoms with Crippen LogP contribution in [0.5, 0.6) is 0 Å². The number of hydrogen-bond acceptors (Lipinski definition) is 5. The number of primary amides is 1. The van der Waals surface area contributed by atoms with Crippen LogP contribution in [0.4, 0.5) is 5.69 Å². The van der Waals surface area contributed by atoms with E-state index in [0.29, 0.717) is 57.4 Å². The molecule has 0 atom stereocenters. The van der Waals surface area contributed by atoms with Gasteiger partial charge in [-0.3, -0.25) is 24.5 Å². The largest absolute Gasteiger partial charge is 0.369 e. The van der Waals surface area contributed by atoms with Crippen LogP contribution in [0.2, 0.25) is 0 Å². The van der Waals surface area contributed by atoms with Crippen molar-refractivity contribution in [3.63, 3.8) is 0 Å². The highest BCUT2D eigenvalue weighted by molar-refractivity contribution is 5.94. The highest BCUT2D eigenvalue weighted by Crippen LogP contribution is 2.25. The fraction of sp³-hybridized carbons (Fsp3) is 0.526. The van der Waals surface area contributed by atoms with Crippen molar-refractivity contribution >= 4 is 23.4 Å². The summed E-state index contributed by atoms with van der Waals surface area (Å²) in [5, 5.41) is 10.7. The van der Waals surface area contributed by atoms with E-state index in [0.717, 1.165) is 0 Å². The molecule has 2 fully saturated rings. The summed E-state index contributed by atoms with van der Waals surface area (Å²) in [7, 11) is 0. The zero-order chi connectivity index (χ0) is 20.3. The Balaban J connectivity index is 1.51. The van der Waals surface area contributed by atoms with Crippen molar-refractivity contribution in [3.05, 3.63) is 39.9 Å². The number of piperidine rings is 2. The number of rotatable bonds is 4. The molecular formula is C19H24N4O5. The number of nitrogens with two attached hydrogens (primary N) is 1. The lowest BCUT2D eigenvalue weighted by atomic mass is 9.91. The van der Waals surface area contributed by atoms with Gasteiger partial charge in [-0.05, 0) is 37.8 Å². The Hall–Kier alpha value is -2.97. The number of amides is 3. The Bertz CT molecular complexity index is 763. The van der Waals surface area contributed by atoms with Gasteiger partial charge in [0, 0.05) is 55.7 Å². The molecule has 2 aliphatic rings. The molecule has 150 valence electrons. The maximum atomic E-state index is 12.7. The Morgan fingerprint density at radius 3 is 1.89 bits per heavy atom. The number of hydrogen-bond donors (Lipinski definition) is 1. The van der Waals surface area contributed by atoms with E-state index < -0.39 is 4.92 Å². The van der Waals surface area contributed by atoms with Gasteiger partial charge in [-0.15, -0.1) is 0 Å². The molecule has 2 saturated heterocycles. The molecule has 2 heterocycles. The number of non-ortho nitro benzene ring substituents is 1. The summed E-state index contributed by atoms with van der Waals surface area (Å²) >= 11 is 0. The molecule has 3 rings (SSSR count). The van der Waals surface area contributed by atoms with E-state index in [4.69, 9.17) is 5.73 Å². The van der Waals surface area contributed by atoms with Crippen LogP contribution in [0.15, 0.2) is 24.3 Å². The first-order valence-electron chi connectivity index (χ1n) is 9.48. The van der Waals surface area contributed by atoms with Crippen LogP contribution >= 0.6 is 0 Å². The molecule has 1 aromatic rings. The molecular weight excluding hydrogens is 364 g/mol. The van der Waals surface area contributed by atoms with E-state index in [1.165, 1.54) is 24.3 Å². The topological polar surface area (TPSA) is 127 Å². The summed E-state index contributed by atoms with van der Waals surface area (Å²) in [6.45, 7) is 2.05. The monoisotopic (exact) mass is 388 g/mol. The first-order valence-corrected chi connectivity index (χ1v) is 9.48. The lowest BCUT2D eigenvalue weighted by molar-refractivity contribution is -0.384. The van der Waals surface area contributed by atoms with E-state index in [1.54, 1.807) is 9.80 Å². The van der Waals surface area contributed by atoms with Crippen molar-refractivity contribution in [1.82, 2.24) is 9.80 Å². The van der Waals surface area contributed by atoms with Crippen LogP contribution in [0.1, 0.15) is 36.0 Å². The summed E-state index contributed by atoms with van der Waals surface area (Å²) in [6.07, 6.45) is 2.40. The maximum Gasteiger partial charge on any atom is 0.269 e. The van der Waals surface area contributed by atoms with Crippen LogP contribution < -0.4 is 5.73 Å². The van der Waals surface area contributed by atoms with Crippen LogP contribution in [-0.4, -0.2) is 58.6 Å². The van der Waals surface area contributed by atoms with Crippen LogP contribution in [0.25, 0.3) is 0 Å². The Morgan fingerprint density at radius 1 is 0.893 bits per heavy atom. The lowest BCUT2D eigenvalue weighted by Gasteiger charge is -2.36. The summed E-state index contributed by atoms with van der Waals surface area (Å²) in [5.41, 5.74) is 5.68. The van der Waals surface area contributed by atoms with E-state index in [9.17, 15) is 24.5 Å². The fourth-order valence-electron chi connectivity index (χ4n) is 3.88. The van der Waals surface area contributed by atoms with Gasteiger partial charge in [0.05, 0.1) is 4.92 Å². The zero-order valence-corrected chi connectivity index (χ0v) is 15.6. The Morgan fingerprint density at radius 2 is 1.39 bits per heavy atom. The molecule has 0 radical (unpaired) electrons. The molecule has 3 amide bonds. The van der Waals surface area contributed by atoms with Gasteiger partial charge >= 0.3 is 0 Å². The van der Waals surface area contributed by atoms with Crippen LogP contribution in [-0.2, 0) is 9.59 Å². The van der Waals surface area contributed by atoms with Crippen molar-refractivity contribution in [3.8, 4) is 0 Å². The third-order valence-corrected chi connectivity index (χ3v) is 5.67. The van der Waals surface area contributed by atoms with Crippen molar-refractivity contribution in [2.45, 2.75) is 25.7 Å². The molecule has 2 N–H and O–H groups in total. The van der Waals surface area contributed by atoms with Crippen molar-refractivity contribution < 1.29 is 19.3 Å². The third kappa shape index (κ3) is 4.29. The standard InChI is InChI=1S/C19H24N4O5/c20-17(24)13-5-9-21(10-6-13)19(26)15-7-11-22(12-8-15)18(25)14-1-3-16(4-2-14)23(27)28/h1-4,13,15H,5-12H2,(H2,20,24). The SMILES string of the molecule is NC(=O)C1CCN(C(=O)C2CCN(C(=O)c3ccc([N+](=O)[O-])cc3)CC2)CC1. The summed E-state index contributed by atoms with van der Waals surface area (Å²) < 4.78 is 0. The van der Waals surface area contributed by atoms with Crippen molar-refractivity contribution in [2.24, 2.45) is 17.6 Å². The average Bonchev–Trinajstić information content (AvgIpc) is 2.73. The van der Waals surface area contributed by atoms with Gasteiger partial charge in [0.1, 0.15) is 0 Å². The third-order valence-electron chi connectivity index (χ3n) is 5.67. The quantitative estimate of drug-likeness (QED) is 0.612. The van der Waals surface area contributed by atoms with Gasteiger partial charge in [0.25, 0.3) is 11.6 Å².